The number of fused-ring (bicyclic) bond motifs is 1. The molecule has 1 aromatic rings. The molecule has 1 saturated carbocycles. The Hall–Kier alpha value is -0.810. The Balaban J connectivity index is 1.40. The number of benzene rings is 1. The lowest BCUT2D eigenvalue weighted by molar-refractivity contribution is -0.0177. The maximum Gasteiger partial charge on any atom is 0.189 e. The first kappa shape index (κ1) is 15.7. The minimum absolute atomic E-state index is 0.344. The van der Waals surface area contributed by atoms with Crippen LogP contribution in [-0.4, -0.2) is 48.8 Å². The number of halogens is 1. The number of hydrogen-bond donors (Lipinski definition) is 0. The zero-order valence-corrected chi connectivity index (χ0v) is 14.4. The summed E-state index contributed by atoms with van der Waals surface area (Å²) in [5, 5.41) is 0.775. The minimum atomic E-state index is 0.344. The highest BCUT2D eigenvalue weighted by atomic mass is 35.5. The summed E-state index contributed by atoms with van der Waals surface area (Å²) in [7, 11) is 0. The molecule has 0 spiro atoms. The van der Waals surface area contributed by atoms with Crippen LogP contribution in [-0.2, 0) is 17.9 Å². The quantitative estimate of drug-likeness (QED) is 0.845. The molecule has 0 aromatic heterocycles. The van der Waals surface area contributed by atoms with Gasteiger partial charge in [-0.2, -0.15) is 0 Å². The van der Waals surface area contributed by atoms with Gasteiger partial charge in [-0.15, -0.1) is 0 Å². The first-order valence-electron chi connectivity index (χ1n) is 8.78. The zero-order valence-electron chi connectivity index (χ0n) is 13.6. The Labute approximate surface area is 143 Å². The second-order valence-electron chi connectivity index (χ2n) is 6.91. The van der Waals surface area contributed by atoms with E-state index in [9.17, 15) is 0 Å². The van der Waals surface area contributed by atoms with Crippen molar-refractivity contribution in [2.75, 3.05) is 33.0 Å². The Kier molecular flexibility index (Phi) is 4.76. The van der Waals surface area contributed by atoms with Crippen molar-refractivity contribution in [3.63, 3.8) is 0 Å². The molecule has 1 aromatic carbocycles. The van der Waals surface area contributed by atoms with Crippen LogP contribution in [0.3, 0.4) is 0 Å². The summed E-state index contributed by atoms with van der Waals surface area (Å²) in [5.41, 5.74) is 2.27. The summed E-state index contributed by atoms with van der Waals surface area (Å²) in [5.74, 6) is 0.985. The van der Waals surface area contributed by atoms with E-state index in [1.807, 2.05) is 6.07 Å². The van der Waals surface area contributed by atoms with E-state index in [0.29, 0.717) is 13.4 Å². The molecule has 4 rings (SSSR count). The van der Waals surface area contributed by atoms with Crippen LogP contribution >= 0.6 is 11.6 Å². The van der Waals surface area contributed by atoms with E-state index >= 15 is 0 Å². The lowest BCUT2D eigenvalue weighted by atomic mass is 10.1. The lowest BCUT2D eigenvalue weighted by Crippen LogP contribution is -2.49. The van der Waals surface area contributed by atoms with E-state index in [1.54, 1.807) is 0 Å². The van der Waals surface area contributed by atoms with E-state index in [4.69, 9.17) is 21.1 Å². The molecule has 0 atom stereocenters. The summed E-state index contributed by atoms with van der Waals surface area (Å²) in [4.78, 5) is 5.22. The highest BCUT2D eigenvalue weighted by molar-refractivity contribution is 6.30. The van der Waals surface area contributed by atoms with Gasteiger partial charge in [0.05, 0.1) is 6.61 Å². The average molecular weight is 337 g/mol. The van der Waals surface area contributed by atoms with Gasteiger partial charge in [-0.05, 0) is 25.0 Å². The predicted molar refractivity (Wildman–Crippen MR) is 90.8 cm³/mol. The molecule has 126 valence electrons. The maximum absolute atomic E-state index is 6.27. The van der Waals surface area contributed by atoms with E-state index in [0.717, 1.165) is 42.0 Å². The molecule has 2 fully saturated rings. The third kappa shape index (κ3) is 3.50. The Bertz CT molecular complexity index is 552. The fourth-order valence-electron chi connectivity index (χ4n) is 4.17. The Morgan fingerprint density at radius 3 is 2.65 bits per heavy atom. The zero-order chi connectivity index (χ0) is 15.6. The van der Waals surface area contributed by atoms with Crippen LogP contribution < -0.4 is 4.74 Å². The smallest absolute Gasteiger partial charge is 0.189 e. The number of nitrogens with zero attached hydrogens (tertiary/aromatic N) is 2. The standard InChI is InChI=1S/C18H25ClN2O2/c19-16-9-14(18-15(10-16)12-22-13-23-18)11-20-5-7-21(8-6-20)17-3-1-2-4-17/h9-10,17H,1-8,11-13H2. The van der Waals surface area contributed by atoms with Gasteiger partial charge in [0.15, 0.2) is 6.79 Å². The number of hydrogen-bond acceptors (Lipinski definition) is 4. The molecule has 4 nitrogen and oxygen atoms in total. The first-order valence-corrected chi connectivity index (χ1v) is 9.15. The van der Waals surface area contributed by atoms with Crippen LogP contribution in [0.4, 0.5) is 0 Å². The van der Waals surface area contributed by atoms with Gasteiger partial charge in [0.1, 0.15) is 5.75 Å². The van der Waals surface area contributed by atoms with Crippen molar-refractivity contribution in [2.45, 2.75) is 44.9 Å². The molecule has 2 aliphatic heterocycles. The molecule has 1 aliphatic carbocycles. The number of ether oxygens (including phenoxy) is 2. The maximum atomic E-state index is 6.27. The van der Waals surface area contributed by atoms with Crippen LogP contribution in [0.1, 0.15) is 36.8 Å². The molecule has 3 aliphatic rings. The number of rotatable bonds is 3. The summed E-state index contributed by atoms with van der Waals surface area (Å²) in [6, 6.07) is 4.85. The summed E-state index contributed by atoms with van der Waals surface area (Å²) >= 11 is 6.27. The molecule has 1 saturated heterocycles. The van der Waals surface area contributed by atoms with Crippen LogP contribution in [0.5, 0.6) is 5.75 Å². The molecule has 5 heteroatoms. The van der Waals surface area contributed by atoms with Crippen molar-refractivity contribution >= 4 is 11.6 Å². The van der Waals surface area contributed by atoms with Gasteiger partial charge in [-0.3, -0.25) is 9.80 Å². The van der Waals surface area contributed by atoms with Crippen molar-refractivity contribution in [3.05, 3.63) is 28.3 Å². The first-order chi connectivity index (χ1) is 11.3. The molecule has 0 amide bonds. The van der Waals surface area contributed by atoms with E-state index in [-0.39, 0.29) is 0 Å². The number of piperazine rings is 1. The van der Waals surface area contributed by atoms with Gasteiger partial charge in [0, 0.05) is 54.9 Å². The van der Waals surface area contributed by atoms with E-state index < -0.39 is 0 Å². The fraction of sp³-hybridized carbons (Fsp3) is 0.667. The molecule has 0 unspecified atom stereocenters. The molecular weight excluding hydrogens is 312 g/mol. The van der Waals surface area contributed by atoms with Crippen LogP contribution in [0.2, 0.25) is 5.02 Å². The molecular formula is C18H25ClN2O2. The molecule has 0 radical (unpaired) electrons. The van der Waals surface area contributed by atoms with Crippen LogP contribution in [0.15, 0.2) is 12.1 Å². The highest BCUT2D eigenvalue weighted by Gasteiger charge is 2.27. The monoisotopic (exact) mass is 336 g/mol. The van der Waals surface area contributed by atoms with Gasteiger partial charge in [0.25, 0.3) is 0 Å². The van der Waals surface area contributed by atoms with Crippen molar-refractivity contribution in [1.29, 1.82) is 0 Å². The SMILES string of the molecule is Clc1cc2c(c(CN3CCN(C4CCCC4)CC3)c1)OCOC2. The van der Waals surface area contributed by atoms with Gasteiger partial charge in [0.2, 0.25) is 0 Å². The van der Waals surface area contributed by atoms with Crippen molar-refractivity contribution in [1.82, 2.24) is 9.80 Å². The van der Waals surface area contributed by atoms with Gasteiger partial charge in [-0.25, -0.2) is 0 Å². The second-order valence-corrected chi connectivity index (χ2v) is 7.35. The lowest BCUT2D eigenvalue weighted by Gasteiger charge is -2.38. The molecule has 23 heavy (non-hydrogen) atoms. The summed E-state index contributed by atoms with van der Waals surface area (Å²) in [6.07, 6.45) is 5.63. The van der Waals surface area contributed by atoms with Crippen LogP contribution in [0, 0.1) is 0 Å². The van der Waals surface area contributed by atoms with Crippen molar-refractivity contribution in [3.8, 4) is 5.75 Å². The Morgan fingerprint density at radius 2 is 1.87 bits per heavy atom. The predicted octanol–water partition coefficient (Wildman–Crippen LogP) is 3.27. The third-order valence-corrected chi connectivity index (χ3v) is 5.61. The summed E-state index contributed by atoms with van der Waals surface area (Å²) < 4.78 is 11.1. The second kappa shape index (κ2) is 6.98. The van der Waals surface area contributed by atoms with E-state index in [2.05, 4.69) is 15.9 Å². The normalized spacial score (nSPS) is 23.7. The Morgan fingerprint density at radius 1 is 1.09 bits per heavy atom. The van der Waals surface area contributed by atoms with Crippen molar-refractivity contribution < 1.29 is 9.47 Å². The average Bonchev–Trinajstić information content (AvgIpc) is 3.10. The van der Waals surface area contributed by atoms with E-state index in [1.165, 1.54) is 44.3 Å². The minimum Gasteiger partial charge on any atom is -0.467 e. The van der Waals surface area contributed by atoms with Gasteiger partial charge < -0.3 is 9.47 Å². The summed E-state index contributed by atoms with van der Waals surface area (Å²) in [6.45, 7) is 6.51. The molecule has 0 bridgehead atoms. The largest absolute Gasteiger partial charge is 0.467 e. The van der Waals surface area contributed by atoms with Gasteiger partial charge in [-0.1, -0.05) is 24.4 Å². The fourth-order valence-corrected chi connectivity index (χ4v) is 4.43. The molecule has 0 N–H and O–H groups in total. The molecule has 2 heterocycles. The topological polar surface area (TPSA) is 24.9 Å². The van der Waals surface area contributed by atoms with Crippen LogP contribution in [0.25, 0.3) is 0 Å². The van der Waals surface area contributed by atoms with Gasteiger partial charge >= 0.3 is 0 Å². The highest BCUT2D eigenvalue weighted by Crippen LogP contribution is 2.33. The van der Waals surface area contributed by atoms with Crippen molar-refractivity contribution in [2.24, 2.45) is 0 Å². The third-order valence-electron chi connectivity index (χ3n) is 5.39.